The predicted octanol–water partition coefficient (Wildman–Crippen LogP) is 7.39. The van der Waals surface area contributed by atoms with Crippen LogP contribution < -0.4 is 24.6 Å². The molecule has 4 aliphatic heterocycles. The van der Waals surface area contributed by atoms with Gasteiger partial charge in [0, 0.05) is 42.7 Å². The lowest BCUT2D eigenvalue weighted by molar-refractivity contribution is -0.177. The Hall–Kier alpha value is -8.00. The van der Waals surface area contributed by atoms with E-state index in [1.54, 1.807) is 73.8 Å². The largest absolute Gasteiger partial charge is 0.497 e. The number of imide groups is 1. The van der Waals surface area contributed by atoms with Gasteiger partial charge in [-0.15, -0.1) is 0 Å². The maximum atomic E-state index is 16.6. The smallest absolute Gasteiger partial charge is 0.421 e. The number of hydrogen-bond acceptors (Lipinski definition) is 13. The number of hydrogen-bond donors (Lipinski definition) is 2. The first kappa shape index (κ1) is 48.6. The molecule has 0 aliphatic carbocycles. The first-order valence-corrected chi connectivity index (χ1v) is 24.2. The molecule has 6 unspecified atom stereocenters. The third kappa shape index (κ3) is 9.26. The molecule has 3 saturated heterocycles. The molecule has 0 radical (unpaired) electrons. The lowest BCUT2D eigenvalue weighted by Crippen LogP contribution is -2.54. The van der Waals surface area contributed by atoms with Gasteiger partial charge in [-0.1, -0.05) is 84.6 Å². The molecule has 372 valence electrons. The summed E-state index contributed by atoms with van der Waals surface area (Å²) in [7, 11) is 3.05. The number of carbonyl (C=O) groups excluding carboxylic acids is 4. The van der Waals surface area contributed by atoms with Crippen molar-refractivity contribution in [3.8, 4) is 23.3 Å². The second kappa shape index (κ2) is 21.4. The van der Waals surface area contributed by atoms with Crippen LogP contribution in [0.5, 0.6) is 11.5 Å². The van der Waals surface area contributed by atoms with Crippen LogP contribution in [-0.2, 0) is 38.7 Å². The van der Waals surface area contributed by atoms with Gasteiger partial charge >= 0.3 is 12.1 Å². The number of ether oxygens (including phenoxy) is 6. The Balaban J connectivity index is 1.23. The number of aliphatic hydroxyl groups is 1. The van der Waals surface area contributed by atoms with E-state index in [-0.39, 0.29) is 37.7 Å². The molecule has 0 aromatic heterocycles. The van der Waals surface area contributed by atoms with E-state index in [0.29, 0.717) is 65.7 Å². The minimum atomic E-state index is -2.07. The Labute approximate surface area is 423 Å². The van der Waals surface area contributed by atoms with Crippen molar-refractivity contribution in [1.82, 2.24) is 4.90 Å². The van der Waals surface area contributed by atoms with E-state index >= 15 is 14.4 Å². The lowest BCUT2D eigenvalue weighted by atomic mass is 9.65. The van der Waals surface area contributed by atoms with Crippen molar-refractivity contribution in [1.29, 1.82) is 0 Å². The van der Waals surface area contributed by atoms with E-state index in [1.165, 1.54) is 7.11 Å². The highest BCUT2D eigenvalue weighted by Crippen LogP contribution is 2.66. The highest BCUT2D eigenvalue weighted by atomic mass is 16.6. The van der Waals surface area contributed by atoms with Gasteiger partial charge in [0.25, 0.3) is 0 Å². The highest BCUT2D eigenvalue weighted by Gasteiger charge is 2.75. The molecule has 10 rings (SSSR count). The number of cyclic esters (lactones) is 1. The van der Waals surface area contributed by atoms with Gasteiger partial charge in [-0.25, -0.2) is 9.69 Å². The van der Waals surface area contributed by atoms with E-state index < -0.39 is 59.4 Å². The molecular weight excluding hydrogens is 929 g/mol. The van der Waals surface area contributed by atoms with Crippen LogP contribution in [0.15, 0.2) is 152 Å². The summed E-state index contributed by atoms with van der Waals surface area (Å²) in [5, 5.41) is 12.8. The van der Waals surface area contributed by atoms with Gasteiger partial charge in [-0.2, -0.15) is 0 Å². The third-order valence-electron chi connectivity index (χ3n) is 13.9. The minimum absolute atomic E-state index is 0.0314. The first-order chi connectivity index (χ1) is 35.7. The molecule has 2 N–H and O–H groups in total. The second-order valence-electron chi connectivity index (χ2n) is 18.0. The summed E-state index contributed by atoms with van der Waals surface area (Å²) < 4.78 is 34.4. The molecule has 3 fully saturated rings. The van der Waals surface area contributed by atoms with Gasteiger partial charge in [-0.05, 0) is 101 Å². The Morgan fingerprint density at radius 3 is 2.05 bits per heavy atom. The molecule has 1 spiro atoms. The standard InChI is InChI=1S/C58H54N4O11/c1-68-35-36-72-57(67)61-48-28-17-39(14-13-38-15-24-45(69-2)25-16-38)37-47(48)58(56(61)66)49(54(64)59-43-20-22-44(23-21-43)60-29-32-70-33-30-60)51-55(65)73-52(41-11-7-4-8-12-41)50(40-9-5-3-6-10-40)62(51)53(58)42-18-26-46(27-19-42)71-34-31-63/h3-12,15-28,37,49-53,63H,29-36H2,1-2H3,(H,59,64). The number of nitrogens with one attached hydrogen (secondary N) is 1. The quantitative estimate of drug-likeness (QED) is 0.0669. The summed E-state index contributed by atoms with van der Waals surface area (Å²) in [6, 6.07) is 42.3. The average Bonchev–Trinajstić information content (AvgIpc) is 3.89. The SMILES string of the molecule is COCCOC(=O)N1C(=O)C2(c3cc(C#Cc4ccc(OC)cc4)ccc31)C(C(=O)Nc1ccc(N3CCOCC3)cc1)C1C(=O)OC(c3ccccc3)C(c3ccccc3)N1C2c1ccc(OCCO)cc1. The molecule has 0 bridgehead atoms. The lowest BCUT2D eigenvalue weighted by Gasteiger charge is -2.46. The topological polar surface area (TPSA) is 166 Å². The Bertz CT molecular complexity index is 3010. The molecule has 0 saturated carbocycles. The van der Waals surface area contributed by atoms with Crippen LogP contribution in [0.2, 0.25) is 0 Å². The number of amides is 3. The van der Waals surface area contributed by atoms with E-state index in [0.717, 1.165) is 16.2 Å². The van der Waals surface area contributed by atoms with Crippen molar-refractivity contribution in [3.05, 3.63) is 185 Å². The molecule has 4 aliphatic rings. The van der Waals surface area contributed by atoms with E-state index in [4.69, 9.17) is 28.4 Å². The minimum Gasteiger partial charge on any atom is -0.497 e. The number of anilines is 3. The van der Waals surface area contributed by atoms with Crippen LogP contribution >= 0.6 is 0 Å². The van der Waals surface area contributed by atoms with Crippen molar-refractivity contribution in [3.63, 3.8) is 0 Å². The van der Waals surface area contributed by atoms with Gasteiger partial charge in [0.15, 0.2) is 0 Å². The number of esters is 1. The summed E-state index contributed by atoms with van der Waals surface area (Å²) in [6.07, 6.45) is -1.92. The van der Waals surface area contributed by atoms with Gasteiger partial charge in [0.1, 0.15) is 42.3 Å². The summed E-state index contributed by atoms with van der Waals surface area (Å²) in [5.41, 5.74) is 2.85. The number of morpholine rings is 2. The molecule has 15 nitrogen and oxygen atoms in total. The maximum Gasteiger partial charge on any atom is 0.421 e. The molecule has 6 aromatic carbocycles. The van der Waals surface area contributed by atoms with E-state index in [9.17, 15) is 9.90 Å². The van der Waals surface area contributed by atoms with Crippen LogP contribution in [0.25, 0.3) is 0 Å². The van der Waals surface area contributed by atoms with Crippen LogP contribution in [0.4, 0.5) is 21.9 Å². The second-order valence-corrected chi connectivity index (χ2v) is 18.0. The van der Waals surface area contributed by atoms with E-state index in [2.05, 4.69) is 22.1 Å². The number of fused-ring (bicyclic) bond motifs is 3. The van der Waals surface area contributed by atoms with Crippen LogP contribution in [0, 0.1) is 17.8 Å². The van der Waals surface area contributed by atoms with Crippen LogP contribution in [0.3, 0.4) is 0 Å². The fourth-order valence-electron chi connectivity index (χ4n) is 10.8. The van der Waals surface area contributed by atoms with Crippen LogP contribution in [-0.4, -0.2) is 107 Å². The normalized spacial score (nSPS) is 22.2. The Kier molecular flexibility index (Phi) is 14.2. The predicted molar refractivity (Wildman–Crippen MR) is 271 cm³/mol. The molecule has 6 atom stereocenters. The van der Waals surface area contributed by atoms with E-state index in [1.807, 2.05) is 89.8 Å². The molecular formula is C58H54N4O11. The number of methoxy groups -OCH3 is 2. The van der Waals surface area contributed by atoms with Gasteiger partial charge in [-0.3, -0.25) is 19.3 Å². The van der Waals surface area contributed by atoms with Crippen molar-refractivity contribution in [2.75, 3.05) is 82.1 Å². The Morgan fingerprint density at radius 2 is 1.38 bits per heavy atom. The number of rotatable bonds is 13. The van der Waals surface area contributed by atoms with Gasteiger partial charge in [0.2, 0.25) is 11.8 Å². The Morgan fingerprint density at radius 1 is 0.726 bits per heavy atom. The molecule has 3 amide bonds. The van der Waals surface area contributed by atoms with Crippen LogP contribution in [0.1, 0.15) is 51.6 Å². The van der Waals surface area contributed by atoms with Gasteiger partial charge < -0.3 is 43.7 Å². The zero-order chi connectivity index (χ0) is 50.5. The van der Waals surface area contributed by atoms with Crippen molar-refractivity contribution in [2.24, 2.45) is 5.92 Å². The summed E-state index contributed by atoms with van der Waals surface area (Å²) in [6.45, 7) is 2.28. The summed E-state index contributed by atoms with van der Waals surface area (Å²) in [5.74, 6) is 3.83. The number of aliphatic hydroxyl groups excluding tert-OH is 1. The van der Waals surface area contributed by atoms with Crippen molar-refractivity contribution in [2.45, 2.75) is 29.6 Å². The average molecular weight is 983 g/mol. The fourth-order valence-corrected chi connectivity index (χ4v) is 10.8. The summed E-state index contributed by atoms with van der Waals surface area (Å²) >= 11 is 0. The first-order valence-electron chi connectivity index (χ1n) is 24.2. The highest BCUT2D eigenvalue weighted by molar-refractivity contribution is 6.24. The summed E-state index contributed by atoms with van der Waals surface area (Å²) in [4.78, 5) is 67.9. The molecule has 4 heterocycles. The monoisotopic (exact) mass is 982 g/mol. The number of nitrogens with zero attached hydrogens (tertiary/aromatic N) is 3. The zero-order valence-corrected chi connectivity index (χ0v) is 40.3. The van der Waals surface area contributed by atoms with Crippen molar-refractivity contribution >= 4 is 40.9 Å². The fraction of sp³-hybridized carbons (Fsp3) is 0.276. The molecule has 6 aromatic rings. The zero-order valence-electron chi connectivity index (χ0n) is 40.3. The maximum absolute atomic E-state index is 16.6. The van der Waals surface area contributed by atoms with Gasteiger partial charge in [0.05, 0.1) is 57.2 Å². The number of carbonyl (C=O) groups is 4. The number of benzene rings is 6. The van der Waals surface area contributed by atoms with Crippen molar-refractivity contribution < 1.29 is 52.7 Å². The molecule has 73 heavy (non-hydrogen) atoms. The third-order valence-corrected chi connectivity index (χ3v) is 13.9. The molecule has 15 heteroatoms.